The quantitative estimate of drug-likeness (QED) is 0.612. The van der Waals surface area contributed by atoms with Crippen LogP contribution in [0.4, 0.5) is 0 Å². The molecule has 0 aliphatic heterocycles. The summed E-state index contributed by atoms with van der Waals surface area (Å²) in [5.41, 5.74) is 0.841. The normalized spacial score (nSPS) is 10.8. The minimum absolute atomic E-state index is 0.120. The molecule has 0 fully saturated rings. The molecule has 1 heterocycles. The van der Waals surface area contributed by atoms with Crippen molar-refractivity contribution in [3.05, 3.63) is 11.9 Å². The summed E-state index contributed by atoms with van der Waals surface area (Å²) in [4.78, 5) is 0. The smallest absolute Gasteiger partial charge is 0.0849 e. The summed E-state index contributed by atoms with van der Waals surface area (Å²) in [5.74, 6) is 0. The third-order valence-electron chi connectivity index (χ3n) is 2.25. The van der Waals surface area contributed by atoms with Crippen molar-refractivity contribution >= 4 is 0 Å². The van der Waals surface area contributed by atoms with Gasteiger partial charge in [0, 0.05) is 32.4 Å². The molecule has 1 aromatic heterocycles. The minimum Gasteiger partial charge on any atom is -0.396 e. The summed E-state index contributed by atoms with van der Waals surface area (Å²) >= 11 is 0. The van der Waals surface area contributed by atoms with Gasteiger partial charge in [0.2, 0.25) is 0 Å². The van der Waals surface area contributed by atoms with Crippen LogP contribution in [0.1, 0.15) is 31.4 Å². The molecule has 86 valence electrons. The maximum atomic E-state index is 8.70. The number of rotatable bonds is 8. The number of hydrogen-bond donors (Lipinski definition) is 2. The summed E-state index contributed by atoms with van der Waals surface area (Å²) in [6.07, 6.45) is 6.56. The van der Waals surface area contributed by atoms with Crippen molar-refractivity contribution in [3.8, 4) is 0 Å². The van der Waals surface area contributed by atoms with Gasteiger partial charge in [0.15, 0.2) is 0 Å². The maximum absolute atomic E-state index is 8.70. The van der Waals surface area contributed by atoms with Crippen LogP contribution < -0.4 is 0 Å². The number of hydrogen-bond acceptors (Lipinski definition) is 4. The topological polar surface area (TPSA) is 71.2 Å². The molecule has 1 rings (SSSR count). The molecule has 0 aliphatic rings. The predicted octanol–water partition coefficient (Wildman–Crippen LogP) is 0.366. The van der Waals surface area contributed by atoms with Gasteiger partial charge in [0.25, 0.3) is 0 Å². The molecule has 15 heavy (non-hydrogen) atoms. The molecule has 1 aromatic rings. The molecule has 0 saturated carbocycles. The number of aryl methyl sites for hydroxylation is 1. The Morgan fingerprint density at radius 2 is 1.87 bits per heavy atom. The fraction of sp³-hybridized carbons (Fsp3) is 0.800. The first-order valence-corrected chi connectivity index (χ1v) is 5.47. The summed E-state index contributed by atoms with van der Waals surface area (Å²) in [7, 11) is 0. The van der Waals surface area contributed by atoms with Crippen molar-refractivity contribution in [3.63, 3.8) is 0 Å². The van der Waals surface area contributed by atoms with Crippen LogP contribution in [-0.2, 0) is 13.0 Å². The van der Waals surface area contributed by atoms with Crippen LogP contribution in [-0.4, -0.2) is 38.4 Å². The average Bonchev–Trinajstić information content (AvgIpc) is 2.66. The van der Waals surface area contributed by atoms with Crippen molar-refractivity contribution in [2.24, 2.45) is 0 Å². The molecule has 0 amide bonds. The third-order valence-corrected chi connectivity index (χ3v) is 2.25. The molecule has 5 nitrogen and oxygen atoms in total. The maximum Gasteiger partial charge on any atom is 0.0849 e. The third kappa shape index (κ3) is 4.90. The van der Waals surface area contributed by atoms with Crippen molar-refractivity contribution in [1.82, 2.24) is 15.0 Å². The van der Waals surface area contributed by atoms with Gasteiger partial charge in [-0.1, -0.05) is 18.1 Å². The molecule has 0 unspecified atom stereocenters. The van der Waals surface area contributed by atoms with Crippen molar-refractivity contribution in [2.75, 3.05) is 13.2 Å². The van der Waals surface area contributed by atoms with Gasteiger partial charge in [-0.25, -0.2) is 0 Å². The highest BCUT2D eigenvalue weighted by Crippen LogP contribution is 2.02. The largest absolute Gasteiger partial charge is 0.396 e. The Kier molecular flexibility index (Phi) is 5.96. The van der Waals surface area contributed by atoms with Gasteiger partial charge in [-0.2, -0.15) is 0 Å². The molecule has 2 N–H and O–H groups in total. The summed E-state index contributed by atoms with van der Waals surface area (Å²) in [5, 5.41) is 25.2. The van der Waals surface area contributed by atoms with E-state index in [9.17, 15) is 0 Å². The van der Waals surface area contributed by atoms with E-state index in [4.69, 9.17) is 10.2 Å². The number of unbranched alkanes of at least 4 members (excludes halogenated alkanes) is 3. The van der Waals surface area contributed by atoms with E-state index in [1.54, 1.807) is 0 Å². The molecule has 0 aromatic carbocycles. The number of nitrogens with zero attached hydrogens (tertiary/aromatic N) is 3. The lowest BCUT2D eigenvalue weighted by atomic mass is 10.2. The van der Waals surface area contributed by atoms with Crippen LogP contribution in [0.25, 0.3) is 0 Å². The first-order valence-electron chi connectivity index (χ1n) is 5.47. The highest BCUT2D eigenvalue weighted by molar-refractivity contribution is 4.91. The van der Waals surface area contributed by atoms with Gasteiger partial charge >= 0.3 is 0 Å². The SMILES string of the molecule is OCCCCCCn1cc(CCO)nn1. The zero-order valence-corrected chi connectivity index (χ0v) is 8.97. The van der Waals surface area contributed by atoms with E-state index in [1.807, 2.05) is 10.9 Å². The Morgan fingerprint density at radius 1 is 1.07 bits per heavy atom. The molecular weight excluding hydrogens is 194 g/mol. The summed E-state index contributed by atoms with van der Waals surface area (Å²) in [6.45, 7) is 1.27. The van der Waals surface area contributed by atoms with E-state index in [-0.39, 0.29) is 13.2 Å². The number of aliphatic hydroxyl groups excluding tert-OH is 2. The van der Waals surface area contributed by atoms with Crippen LogP contribution in [0.3, 0.4) is 0 Å². The molecular formula is C10H19N3O2. The van der Waals surface area contributed by atoms with E-state index in [2.05, 4.69) is 10.3 Å². The average molecular weight is 213 g/mol. The number of aliphatic hydroxyl groups is 2. The van der Waals surface area contributed by atoms with Crippen LogP contribution in [0.15, 0.2) is 6.20 Å². The fourth-order valence-electron chi connectivity index (χ4n) is 1.42. The van der Waals surface area contributed by atoms with Crippen LogP contribution >= 0.6 is 0 Å². The summed E-state index contributed by atoms with van der Waals surface area (Å²) < 4.78 is 1.81. The lowest BCUT2D eigenvalue weighted by Gasteiger charge is -1.99. The Hall–Kier alpha value is -0.940. The second kappa shape index (κ2) is 7.36. The zero-order valence-electron chi connectivity index (χ0n) is 8.97. The fourth-order valence-corrected chi connectivity index (χ4v) is 1.42. The second-order valence-electron chi connectivity index (χ2n) is 3.58. The van der Waals surface area contributed by atoms with Crippen molar-refractivity contribution in [1.29, 1.82) is 0 Å². The standard InChI is InChI=1S/C10H19N3O2/c14-7-4-2-1-3-6-13-9-10(5-8-15)11-12-13/h9,14-15H,1-8H2. The highest BCUT2D eigenvalue weighted by Gasteiger charge is 1.99. The van der Waals surface area contributed by atoms with Crippen LogP contribution in [0, 0.1) is 0 Å². The van der Waals surface area contributed by atoms with Crippen LogP contribution in [0.2, 0.25) is 0 Å². The van der Waals surface area contributed by atoms with Crippen LogP contribution in [0.5, 0.6) is 0 Å². The predicted molar refractivity (Wildman–Crippen MR) is 56.4 cm³/mol. The number of aromatic nitrogens is 3. The van der Waals surface area contributed by atoms with E-state index in [1.165, 1.54) is 0 Å². The first-order chi connectivity index (χ1) is 7.36. The van der Waals surface area contributed by atoms with Gasteiger partial charge < -0.3 is 10.2 Å². The van der Waals surface area contributed by atoms with E-state index in [0.29, 0.717) is 6.42 Å². The van der Waals surface area contributed by atoms with Gasteiger partial charge in [-0.15, -0.1) is 5.10 Å². The van der Waals surface area contributed by atoms with Gasteiger partial charge in [0.05, 0.1) is 5.69 Å². The minimum atomic E-state index is 0.120. The molecule has 5 heteroatoms. The van der Waals surface area contributed by atoms with E-state index in [0.717, 1.165) is 37.9 Å². The molecule has 0 spiro atoms. The van der Waals surface area contributed by atoms with E-state index >= 15 is 0 Å². The van der Waals surface area contributed by atoms with Gasteiger partial charge in [-0.05, 0) is 12.8 Å². The lowest BCUT2D eigenvalue weighted by Crippen LogP contribution is -1.99. The van der Waals surface area contributed by atoms with E-state index < -0.39 is 0 Å². The highest BCUT2D eigenvalue weighted by atomic mass is 16.3. The van der Waals surface area contributed by atoms with Crippen molar-refractivity contribution < 1.29 is 10.2 Å². The van der Waals surface area contributed by atoms with Crippen molar-refractivity contribution in [2.45, 2.75) is 38.6 Å². The monoisotopic (exact) mass is 213 g/mol. The Morgan fingerprint density at radius 3 is 2.60 bits per heavy atom. The molecule has 0 bridgehead atoms. The second-order valence-corrected chi connectivity index (χ2v) is 3.58. The molecule has 0 saturated heterocycles. The Bertz CT molecular complexity index is 263. The van der Waals surface area contributed by atoms with Gasteiger partial charge in [-0.3, -0.25) is 4.68 Å². The summed E-state index contributed by atoms with van der Waals surface area (Å²) in [6, 6.07) is 0. The lowest BCUT2D eigenvalue weighted by molar-refractivity contribution is 0.282. The first kappa shape index (κ1) is 12.1. The molecule has 0 aliphatic carbocycles. The molecule has 0 radical (unpaired) electrons. The van der Waals surface area contributed by atoms with Gasteiger partial charge in [0.1, 0.15) is 0 Å². The molecule has 0 atom stereocenters. The Balaban J connectivity index is 2.14. The zero-order chi connectivity index (χ0) is 10.9. The Labute approximate surface area is 89.7 Å².